The molecule has 1 aliphatic heterocycles. The van der Waals surface area contributed by atoms with E-state index < -0.39 is 33.6 Å². The number of rotatable bonds is 7. The number of sulfonamides is 1. The molecule has 0 bridgehead atoms. The van der Waals surface area contributed by atoms with Gasteiger partial charge in [0.1, 0.15) is 16.7 Å². The summed E-state index contributed by atoms with van der Waals surface area (Å²) in [5.74, 6) is -0.0984. The second-order valence-corrected chi connectivity index (χ2v) is 9.30. The lowest BCUT2D eigenvalue weighted by molar-refractivity contribution is -0.139. The van der Waals surface area contributed by atoms with Crippen molar-refractivity contribution in [1.82, 2.24) is 4.90 Å². The number of halogens is 4. The molecule has 0 aromatic heterocycles. The minimum Gasteiger partial charge on any atom is -0.493 e. The molecule has 1 N–H and O–H groups in total. The fraction of sp³-hybridized carbons (Fsp3) is 0.400. The van der Waals surface area contributed by atoms with Gasteiger partial charge in [-0.1, -0.05) is 11.6 Å². The van der Waals surface area contributed by atoms with E-state index in [4.69, 9.17) is 25.8 Å². The van der Waals surface area contributed by atoms with Crippen molar-refractivity contribution in [2.75, 3.05) is 39.1 Å². The lowest BCUT2D eigenvalue weighted by Crippen LogP contribution is -2.23. The van der Waals surface area contributed by atoms with Crippen molar-refractivity contribution in [2.45, 2.75) is 23.6 Å². The smallest absolute Gasteiger partial charge is 0.419 e. The van der Waals surface area contributed by atoms with Gasteiger partial charge in [0.05, 0.1) is 30.5 Å². The maximum absolute atomic E-state index is 13.5. The number of methoxy groups -OCH3 is 2. The van der Waals surface area contributed by atoms with E-state index in [1.54, 1.807) is 0 Å². The summed E-state index contributed by atoms with van der Waals surface area (Å²) in [7, 11) is 0.270. The van der Waals surface area contributed by atoms with E-state index >= 15 is 0 Å². The predicted octanol–water partition coefficient (Wildman–Crippen LogP) is 4.26. The molecular weight excluding hydrogens is 473 g/mol. The van der Waals surface area contributed by atoms with Gasteiger partial charge in [0.15, 0.2) is 11.5 Å². The first-order valence-corrected chi connectivity index (χ1v) is 11.3. The van der Waals surface area contributed by atoms with Crippen LogP contribution in [0.5, 0.6) is 17.2 Å². The first kappa shape index (κ1) is 24.3. The summed E-state index contributed by atoms with van der Waals surface area (Å²) < 4.78 is 84.3. The molecule has 2 aromatic rings. The van der Waals surface area contributed by atoms with Crippen molar-refractivity contribution in [1.29, 1.82) is 0 Å². The van der Waals surface area contributed by atoms with Crippen molar-refractivity contribution in [2.24, 2.45) is 0 Å². The van der Waals surface area contributed by atoms with Gasteiger partial charge < -0.3 is 19.1 Å². The number of likely N-dealkylation sites (N-methyl/N-ethyl adjacent to an activating group) is 1. The second kappa shape index (κ2) is 9.24. The molecule has 1 heterocycles. The van der Waals surface area contributed by atoms with Crippen LogP contribution in [0, 0.1) is 0 Å². The fourth-order valence-electron chi connectivity index (χ4n) is 3.34. The van der Waals surface area contributed by atoms with Crippen LogP contribution in [0.1, 0.15) is 12.0 Å². The van der Waals surface area contributed by atoms with Gasteiger partial charge in [-0.3, -0.25) is 4.72 Å². The molecule has 2 aromatic carbocycles. The van der Waals surface area contributed by atoms with Crippen molar-refractivity contribution < 1.29 is 35.8 Å². The third-order valence-corrected chi connectivity index (χ3v) is 6.75. The number of likely N-dealkylation sites (tertiary alicyclic amines) is 1. The Balaban J connectivity index is 1.95. The standard InChI is InChI=1S/C20H22ClF3N2O5S/c1-26-7-6-13(11-26)31-16-8-12(4-5-14(16)20(22,23)24)25-32(27,28)19-10-18(30-3)17(29-2)9-15(19)21/h4-5,8-10,13,25H,6-7,11H2,1-3H3/t13-/m1/s1. The van der Waals surface area contributed by atoms with Crippen LogP contribution in [0.4, 0.5) is 18.9 Å². The molecule has 7 nitrogen and oxygen atoms in total. The number of ether oxygens (including phenoxy) is 3. The summed E-state index contributed by atoms with van der Waals surface area (Å²) in [5.41, 5.74) is -1.09. The van der Waals surface area contributed by atoms with Gasteiger partial charge in [-0.05, 0) is 25.6 Å². The van der Waals surface area contributed by atoms with Gasteiger partial charge in [0, 0.05) is 31.3 Å². The highest BCUT2D eigenvalue weighted by Gasteiger charge is 2.36. The molecule has 1 atom stereocenters. The molecule has 0 saturated carbocycles. The number of benzene rings is 2. The molecule has 3 rings (SSSR count). The fourth-order valence-corrected chi connectivity index (χ4v) is 4.92. The molecule has 0 unspecified atom stereocenters. The van der Waals surface area contributed by atoms with Gasteiger partial charge in [0.2, 0.25) is 0 Å². The molecular formula is C20H22ClF3N2O5S. The monoisotopic (exact) mass is 494 g/mol. The summed E-state index contributed by atoms with van der Waals surface area (Å²) in [6, 6.07) is 5.25. The molecule has 32 heavy (non-hydrogen) atoms. The Morgan fingerprint density at radius 2 is 1.75 bits per heavy atom. The van der Waals surface area contributed by atoms with Crippen LogP contribution in [-0.2, 0) is 16.2 Å². The van der Waals surface area contributed by atoms with Crippen molar-refractivity contribution in [3.05, 3.63) is 40.9 Å². The van der Waals surface area contributed by atoms with E-state index in [2.05, 4.69) is 4.72 Å². The Bertz CT molecular complexity index is 1100. The number of anilines is 1. The number of hydrogen-bond donors (Lipinski definition) is 1. The van der Waals surface area contributed by atoms with E-state index in [1.807, 2.05) is 11.9 Å². The second-order valence-electron chi connectivity index (χ2n) is 7.24. The summed E-state index contributed by atoms with van der Waals surface area (Å²) in [6.45, 7) is 1.16. The van der Waals surface area contributed by atoms with E-state index in [-0.39, 0.29) is 27.1 Å². The van der Waals surface area contributed by atoms with Crippen LogP contribution < -0.4 is 18.9 Å². The maximum atomic E-state index is 13.5. The van der Waals surface area contributed by atoms with Gasteiger partial charge >= 0.3 is 6.18 Å². The zero-order chi connectivity index (χ0) is 23.7. The highest BCUT2D eigenvalue weighted by molar-refractivity contribution is 7.92. The largest absolute Gasteiger partial charge is 0.493 e. The molecule has 176 valence electrons. The molecule has 0 radical (unpaired) electrons. The van der Waals surface area contributed by atoms with Gasteiger partial charge in [-0.15, -0.1) is 0 Å². The van der Waals surface area contributed by atoms with Gasteiger partial charge in [-0.2, -0.15) is 13.2 Å². The van der Waals surface area contributed by atoms with E-state index in [0.29, 0.717) is 19.5 Å². The van der Waals surface area contributed by atoms with Crippen LogP contribution >= 0.6 is 11.6 Å². The normalized spacial score (nSPS) is 17.3. The highest BCUT2D eigenvalue weighted by Crippen LogP contribution is 2.40. The van der Waals surface area contributed by atoms with E-state index in [1.165, 1.54) is 26.4 Å². The number of hydrogen-bond acceptors (Lipinski definition) is 6. The molecule has 0 spiro atoms. The summed E-state index contributed by atoms with van der Waals surface area (Å²) in [4.78, 5) is 1.61. The van der Waals surface area contributed by atoms with Crippen LogP contribution in [0.2, 0.25) is 5.02 Å². The van der Waals surface area contributed by atoms with Crippen molar-refractivity contribution in [3.8, 4) is 17.2 Å². The Morgan fingerprint density at radius 1 is 1.09 bits per heavy atom. The molecule has 1 fully saturated rings. The predicted molar refractivity (Wildman–Crippen MR) is 113 cm³/mol. The minimum atomic E-state index is -4.66. The topological polar surface area (TPSA) is 77.1 Å². The van der Waals surface area contributed by atoms with Gasteiger partial charge in [0.25, 0.3) is 10.0 Å². The zero-order valence-corrected chi connectivity index (χ0v) is 19.1. The first-order valence-electron chi connectivity index (χ1n) is 9.45. The van der Waals surface area contributed by atoms with Crippen molar-refractivity contribution >= 4 is 27.3 Å². The SMILES string of the molecule is COc1cc(Cl)c(S(=O)(=O)Nc2ccc(C(F)(F)F)c(O[C@@H]3CCN(C)C3)c2)cc1OC. The first-order chi connectivity index (χ1) is 14.9. The molecule has 12 heteroatoms. The van der Waals surface area contributed by atoms with Gasteiger partial charge in [-0.25, -0.2) is 8.42 Å². The van der Waals surface area contributed by atoms with E-state index in [9.17, 15) is 21.6 Å². The number of nitrogens with one attached hydrogen (secondary N) is 1. The van der Waals surface area contributed by atoms with Crippen molar-refractivity contribution in [3.63, 3.8) is 0 Å². The highest BCUT2D eigenvalue weighted by atomic mass is 35.5. The quantitative estimate of drug-likeness (QED) is 0.620. The maximum Gasteiger partial charge on any atom is 0.419 e. The average molecular weight is 495 g/mol. The molecule has 0 amide bonds. The van der Waals surface area contributed by atoms with E-state index in [0.717, 1.165) is 18.2 Å². The zero-order valence-electron chi connectivity index (χ0n) is 17.5. The molecule has 1 aliphatic rings. The third kappa shape index (κ3) is 5.33. The Labute approximate surface area is 189 Å². The summed E-state index contributed by atoms with van der Waals surface area (Å²) >= 11 is 6.10. The number of alkyl halides is 3. The molecule has 1 saturated heterocycles. The Kier molecular flexibility index (Phi) is 7.01. The van der Waals surface area contributed by atoms with Crippen LogP contribution in [-0.4, -0.2) is 53.8 Å². The van der Waals surface area contributed by atoms with Crippen LogP contribution in [0.25, 0.3) is 0 Å². The summed E-state index contributed by atoms with van der Waals surface area (Å²) in [5, 5.41) is -0.146. The Hall–Kier alpha value is -2.37. The lowest BCUT2D eigenvalue weighted by Gasteiger charge is -2.20. The minimum absolute atomic E-state index is 0.106. The summed E-state index contributed by atoms with van der Waals surface area (Å²) in [6.07, 6.45) is -4.54. The third-order valence-electron chi connectivity index (χ3n) is 4.91. The Morgan fingerprint density at radius 3 is 2.31 bits per heavy atom. The molecule has 0 aliphatic carbocycles. The lowest BCUT2D eigenvalue weighted by atomic mass is 10.1. The average Bonchev–Trinajstić information content (AvgIpc) is 3.11. The number of nitrogens with zero attached hydrogens (tertiary/aromatic N) is 1. The van der Waals surface area contributed by atoms with Crippen LogP contribution in [0.15, 0.2) is 35.2 Å². The van der Waals surface area contributed by atoms with Crippen LogP contribution in [0.3, 0.4) is 0 Å².